The van der Waals surface area contributed by atoms with Gasteiger partial charge in [-0.25, -0.2) is 4.98 Å². The lowest BCUT2D eigenvalue weighted by Crippen LogP contribution is -1.98. The summed E-state index contributed by atoms with van der Waals surface area (Å²) in [4.78, 5) is 34.8. The Morgan fingerprint density at radius 2 is 1.91 bits per heavy atom. The number of aldehydes is 1. The molecule has 9 heteroatoms. The minimum Gasteiger partial charge on any atom is -0.432 e. The van der Waals surface area contributed by atoms with Crippen molar-refractivity contribution in [3.05, 3.63) is 61.8 Å². The maximum atomic E-state index is 11.0. The zero-order valence-electron chi connectivity index (χ0n) is 11.3. The number of nitro benzene ring substituents is 1. The zero-order chi connectivity index (χ0) is 16.3. The maximum absolute atomic E-state index is 11.0. The van der Waals surface area contributed by atoms with E-state index in [0.29, 0.717) is 11.8 Å². The molecule has 112 valence electrons. The van der Waals surface area contributed by atoms with Gasteiger partial charge in [0.15, 0.2) is 0 Å². The number of aromatic nitrogens is 1. The van der Waals surface area contributed by atoms with Crippen LogP contribution in [0.15, 0.2) is 30.5 Å². The summed E-state index contributed by atoms with van der Waals surface area (Å²) in [5, 5.41) is 21.6. The lowest BCUT2D eigenvalue weighted by molar-refractivity contribution is -0.385. The first kappa shape index (κ1) is 15.0. The highest BCUT2D eigenvalue weighted by Crippen LogP contribution is 2.33. The Morgan fingerprint density at radius 1 is 1.18 bits per heavy atom. The van der Waals surface area contributed by atoms with Crippen molar-refractivity contribution >= 4 is 17.7 Å². The Bertz CT molecular complexity index is 774. The predicted octanol–water partition coefficient (Wildman–Crippen LogP) is 2.81. The average Bonchev–Trinajstić information content (AvgIpc) is 2.49. The van der Waals surface area contributed by atoms with Gasteiger partial charge in [-0.2, -0.15) is 0 Å². The average molecular weight is 303 g/mol. The van der Waals surface area contributed by atoms with Crippen molar-refractivity contribution in [1.29, 1.82) is 0 Å². The van der Waals surface area contributed by atoms with Gasteiger partial charge in [-0.1, -0.05) is 0 Å². The maximum Gasteiger partial charge on any atom is 0.312 e. The van der Waals surface area contributed by atoms with Crippen molar-refractivity contribution in [3.63, 3.8) is 0 Å². The number of hydrogen-bond acceptors (Lipinski definition) is 7. The van der Waals surface area contributed by atoms with E-state index in [1.807, 2.05) is 0 Å². The van der Waals surface area contributed by atoms with E-state index >= 15 is 0 Å². The van der Waals surface area contributed by atoms with E-state index in [1.165, 1.54) is 25.1 Å². The molecule has 22 heavy (non-hydrogen) atoms. The summed E-state index contributed by atoms with van der Waals surface area (Å²) in [6.45, 7) is 1.53. The number of nitro groups is 2. The molecule has 0 saturated heterocycles. The quantitative estimate of drug-likeness (QED) is 0.472. The van der Waals surface area contributed by atoms with Crippen LogP contribution in [0, 0.1) is 27.2 Å². The van der Waals surface area contributed by atoms with Gasteiger partial charge in [0.1, 0.15) is 12.5 Å². The fraction of sp³-hybridized carbons (Fsp3) is 0.0769. The number of hydrogen-bond donors (Lipinski definition) is 0. The van der Waals surface area contributed by atoms with Crippen molar-refractivity contribution in [2.45, 2.75) is 6.92 Å². The Balaban J connectivity index is 2.40. The summed E-state index contributed by atoms with van der Waals surface area (Å²) in [5.74, 6) is -0.104. The molecule has 2 rings (SSSR count). The van der Waals surface area contributed by atoms with Gasteiger partial charge in [0, 0.05) is 23.3 Å². The Hall–Kier alpha value is -3.36. The second kappa shape index (κ2) is 5.95. The van der Waals surface area contributed by atoms with E-state index in [2.05, 4.69) is 4.98 Å². The Labute approximate surface area is 123 Å². The minimum atomic E-state index is -0.691. The third-order valence-corrected chi connectivity index (χ3v) is 2.75. The molecule has 0 fully saturated rings. The van der Waals surface area contributed by atoms with Crippen molar-refractivity contribution in [1.82, 2.24) is 4.98 Å². The lowest BCUT2D eigenvalue weighted by Gasteiger charge is -2.07. The fourth-order valence-electron chi connectivity index (χ4n) is 1.69. The van der Waals surface area contributed by atoms with E-state index in [1.54, 1.807) is 0 Å². The van der Waals surface area contributed by atoms with Gasteiger partial charge in [-0.05, 0) is 19.1 Å². The molecular weight excluding hydrogens is 294 g/mol. The summed E-state index contributed by atoms with van der Waals surface area (Å²) >= 11 is 0. The SMILES string of the molecule is Cc1cc([N+](=O)[O-])cnc1Oc1ccc(C=O)cc1[N+](=O)[O-]. The summed E-state index contributed by atoms with van der Waals surface area (Å²) in [7, 11) is 0. The molecule has 1 heterocycles. The highest BCUT2D eigenvalue weighted by atomic mass is 16.6. The van der Waals surface area contributed by atoms with Crippen LogP contribution in [0.3, 0.4) is 0 Å². The molecule has 0 aliphatic rings. The lowest BCUT2D eigenvalue weighted by atomic mass is 10.2. The van der Waals surface area contributed by atoms with E-state index in [9.17, 15) is 25.0 Å². The van der Waals surface area contributed by atoms with Crippen molar-refractivity contribution in [2.24, 2.45) is 0 Å². The van der Waals surface area contributed by atoms with Crippen LogP contribution in [-0.2, 0) is 0 Å². The standard InChI is InChI=1S/C13H9N3O6/c1-8-4-10(15(18)19)6-14-13(8)22-12-3-2-9(7-17)5-11(12)16(20)21/h2-7H,1H3. The van der Waals surface area contributed by atoms with Crippen LogP contribution in [0.2, 0.25) is 0 Å². The van der Waals surface area contributed by atoms with Crippen molar-refractivity contribution in [2.75, 3.05) is 0 Å². The van der Waals surface area contributed by atoms with Gasteiger partial charge in [0.25, 0.3) is 5.69 Å². The molecule has 0 saturated carbocycles. The number of rotatable bonds is 5. The fourth-order valence-corrected chi connectivity index (χ4v) is 1.69. The van der Waals surface area contributed by atoms with Crippen LogP contribution in [-0.4, -0.2) is 21.1 Å². The summed E-state index contributed by atoms with van der Waals surface area (Å²) in [5.41, 5.74) is -0.129. The van der Waals surface area contributed by atoms with E-state index in [0.717, 1.165) is 12.3 Å². The zero-order valence-corrected chi connectivity index (χ0v) is 11.3. The van der Waals surface area contributed by atoms with Gasteiger partial charge in [-0.15, -0.1) is 0 Å². The minimum absolute atomic E-state index is 0.00699. The molecule has 0 amide bonds. The molecule has 0 spiro atoms. The largest absolute Gasteiger partial charge is 0.432 e. The van der Waals surface area contributed by atoms with Crippen LogP contribution in [0.5, 0.6) is 11.6 Å². The van der Waals surface area contributed by atoms with Gasteiger partial charge in [0.05, 0.1) is 9.85 Å². The Kier molecular flexibility index (Phi) is 4.07. The molecule has 0 aliphatic heterocycles. The van der Waals surface area contributed by atoms with E-state index in [-0.39, 0.29) is 22.9 Å². The number of aryl methyl sites for hydroxylation is 1. The number of ether oxygens (including phenoxy) is 1. The van der Waals surface area contributed by atoms with Gasteiger partial charge >= 0.3 is 5.69 Å². The molecule has 1 aromatic heterocycles. The molecule has 0 atom stereocenters. The van der Waals surface area contributed by atoms with Crippen LogP contribution in [0.4, 0.5) is 11.4 Å². The second-order valence-electron chi connectivity index (χ2n) is 4.28. The summed E-state index contributed by atoms with van der Waals surface area (Å²) < 4.78 is 5.34. The number of pyridine rings is 1. The van der Waals surface area contributed by atoms with Crippen molar-refractivity contribution in [3.8, 4) is 11.6 Å². The van der Waals surface area contributed by atoms with Gasteiger partial charge < -0.3 is 4.74 Å². The normalized spacial score (nSPS) is 10.0. The van der Waals surface area contributed by atoms with Crippen LogP contribution in [0.1, 0.15) is 15.9 Å². The predicted molar refractivity (Wildman–Crippen MR) is 74.2 cm³/mol. The highest BCUT2D eigenvalue weighted by molar-refractivity contribution is 5.77. The van der Waals surface area contributed by atoms with Crippen LogP contribution >= 0.6 is 0 Å². The molecule has 0 aliphatic carbocycles. The molecule has 1 aromatic carbocycles. The third-order valence-electron chi connectivity index (χ3n) is 2.75. The molecule has 0 bridgehead atoms. The van der Waals surface area contributed by atoms with Crippen LogP contribution in [0.25, 0.3) is 0 Å². The van der Waals surface area contributed by atoms with Gasteiger partial charge in [-0.3, -0.25) is 25.0 Å². The highest BCUT2D eigenvalue weighted by Gasteiger charge is 2.19. The molecular formula is C13H9N3O6. The Morgan fingerprint density at radius 3 is 2.45 bits per heavy atom. The van der Waals surface area contributed by atoms with Crippen molar-refractivity contribution < 1.29 is 19.4 Å². The number of carbonyl (C=O) groups excluding carboxylic acids is 1. The second-order valence-corrected chi connectivity index (χ2v) is 4.28. The monoisotopic (exact) mass is 303 g/mol. The molecule has 2 aromatic rings. The van der Waals surface area contributed by atoms with Crippen LogP contribution < -0.4 is 4.74 Å². The number of nitrogens with zero attached hydrogens (tertiary/aromatic N) is 3. The first-order chi connectivity index (χ1) is 10.4. The first-order valence-corrected chi connectivity index (χ1v) is 5.95. The third kappa shape index (κ3) is 3.03. The molecule has 0 N–H and O–H groups in total. The smallest absolute Gasteiger partial charge is 0.312 e. The summed E-state index contributed by atoms with van der Waals surface area (Å²) in [6, 6.07) is 4.94. The first-order valence-electron chi connectivity index (χ1n) is 5.95. The van der Waals surface area contributed by atoms with E-state index in [4.69, 9.17) is 4.74 Å². The number of carbonyl (C=O) groups is 1. The van der Waals surface area contributed by atoms with E-state index < -0.39 is 15.5 Å². The summed E-state index contributed by atoms with van der Waals surface area (Å²) in [6.07, 6.45) is 1.47. The number of benzene rings is 1. The molecule has 9 nitrogen and oxygen atoms in total. The molecule has 0 unspecified atom stereocenters. The molecule has 0 radical (unpaired) electrons. The van der Waals surface area contributed by atoms with Gasteiger partial charge in [0.2, 0.25) is 11.6 Å². The topological polar surface area (TPSA) is 125 Å².